The summed E-state index contributed by atoms with van der Waals surface area (Å²) in [5, 5.41) is 0. The fourth-order valence-corrected chi connectivity index (χ4v) is 3.56. The Morgan fingerprint density at radius 2 is 2.00 bits per heavy atom. The first-order valence-corrected chi connectivity index (χ1v) is 7.33. The van der Waals surface area contributed by atoms with Gasteiger partial charge in [0.15, 0.2) is 0 Å². The van der Waals surface area contributed by atoms with E-state index in [1.807, 2.05) is 0 Å². The molecule has 2 aliphatic rings. The largest absolute Gasteiger partial charge is 0.468 e. The highest BCUT2D eigenvalue weighted by Crippen LogP contribution is 2.45. The predicted molar refractivity (Wildman–Crippen MR) is 72.1 cm³/mol. The number of aromatic amines is 1. The summed E-state index contributed by atoms with van der Waals surface area (Å²) in [5.41, 5.74) is 1.83. The molecule has 0 aromatic carbocycles. The summed E-state index contributed by atoms with van der Waals surface area (Å²) in [6.45, 7) is 2.08. The summed E-state index contributed by atoms with van der Waals surface area (Å²) in [6.07, 6.45) is 7.86. The van der Waals surface area contributed by atoms with Crippen molar-refractivity contribution in [2.75, 3.05) is 7.11 Å². The standard InChI is InChI=1S/C15H22N2O2/c1-10-12(11-6-3-4-7-11)17-13(16-10)15(8-5-9-15)14(18)19-2/h11H,3-9H2,1-2H3,(H,16,17). The van der Waals surface area contributed by atoms with Gasteiger partial charge in [-0.25, -0.2) is 4.98 Å². The fourth-order valence-electron chi connectivity index (χ4n) is 3.56. The second-order valence-electron chi connectivity index (χ2n) is 6.00. The average Bonchev–Trinajstić information content (AvgIpc) is 2.96. The molecule has 2 fully saturated rings. The lowest BCUT2D eigenvalue weighted by atomic mass is 9.68. The van der Waals surface area contributed by atoms with Crippen LogP contribution in [0.4, 0.5) is 0 Å². The Labute approximate surface area is 114 Å². The van der Waals surface area contributed by atoms with Gasteiger partial charge in [0.25, 0.3) is 0 Å². The van der Waals surface area contributed by atoms with Crippen molar-refractivity contribution in [3.8, 4) is 0 Å². The van der Waals surface area contributed by atoms with Crippen LogP contribution in [0.1, 0.15) is 68.1 Å². The third-order valence-electron chi connectivity index (χ3n) is 4.90. The number of ether oxygens (including phenoxy) is 1. The van der Waals surface area contributed by atoms with Crippen LogP contribution in [0, 0.1) is 6.92 Å². The van der Waals surface area contributed by atoms with Crippen LogP contribution >= 0.6 is 0 Å². The lowest BCUT2D eigenvalue weighted by Gasteiger charge is -2.36. The van der Waals surface area contributed by atoms with E-state index in [2.05, 4.69) is 11.9 Å². The van der Waals surface area contributed by atoms with Gasteiger partial charge in [-0.1, -0.05) is 19.3 Å². The maximum atomic E-state index is 12.1. The molecule has 0 unspecified atom stereocenters. The van der Waals surface area contributed by atoms with Crippen LogP contribution in [0.5, 0.6) is 0 Å². The van der Waals surface area contributed by atoms with Gasteiger partial charge in [-0.15, -0.1) is 0 Å². The summed E-state index contributed by atoms with van der Waals surface area (Å²) < 4.78 is 4.99. The first kappa shape index (κ1) is 12.7. The Kier molecular flexibility index (Phi) is 3.11. The monoisotopic (exact) mass is 262 g/mol. The topological polar surface area (TPSA) is 55.0 Å². The number of H-pyrrole nitrogens is 1. The van der Waals surface area contributed by atoms with Crippen molar-refractivity contribution >= 4 is 5.97 Å². The minimum Gasteiger partial charge on any atom is -0.468 e. The molecule has 0 saturated heterocycles. The number of imidazole rings is 1. The van der Waals surface area contributed by atoms with Crippen molar-refractivity contribution < 1.29 is 9.53 Å². The molecule has 0 radical (unpaired) electrons. The molecule has 0 atom stereocenters. The highest BCUT2D eigenvalue weighted by molar-refractivity contribution is 5.83. The van der Waals surface area contributed by atoms with E-state index in [1.165, 1.54) is 38.5 Å². The summed E-state index contributed by atoms with van der Waals surface area (Å²) >= 11 is 0. The van der Waals surface area contributed by atoms with Gasteiger partial charge in [0, 0.05) is 11.6 Å². The molecule has 0 bridgehead atoms. The Bertz CT molecular complexity index is 482. The normalized spacial score (nSPS) is 22.2. The van der Waals surface area contributed by atoms with Crippen molar-refractivity contribution in [2.45, 2.75) is 63.2 Å². The fraction of sp³-hybridized carbons (Fsp3) is 0.733. The number of aromatic nitrogens is 2. The van der Waals surface area contributed by atoms with Gasteiger partial charge >= 0.3 is 5.97 Å². The van der Waals surface area contributed by atoms with Crippen LogP contribution in [0.2, 0.25) is 0 Å². The van der Waals surface area contributed by atoms with E-state index < -0.39 is 5.41 Å². The van der Waals surface area contributed by atoms with Crippen molar-refractivity contribution in [3.05, 3.63) is 17.2 Å². The highest BCUT2D eigenvalue weighted by atomic mass is 16.5. The molecule has 0 spiro atoms. The molecule has 0 aliphatic heterocycles. The maximum Gasteiger partial charge on any atom is 0.319 e. The van der Waals surface area contributed by atoms with Crippen molar-refractivity contribution in [1.29, 1.82) is 0 Å². The molecule has 0 amide bonds. The minimum absolute atomic E-state index is 0.134. The Hall–Kier alpha value is -1.32. The summed E-state index contributed by atoms with van der Waals surface area (Å²) in [5.74, 6) is 1.29. The molecule has 19 heavy (non-hydrogen) atoms. The molecule has 2 aliphatic carbocycles. The van der Waals surface area contributed by atoms with Crippen LogP contribution in [-0.2, 0) is 14.9 Å². The lowest BCUT2D eigenvalue weighted by Crippen LogP contribution is -2.44. The number of esters is 1. The van der Waals surface area contributed by atoms with E-state index in [4.69, 9.17) is 9.72 Å². The number of hydrogen-bond acceptors (Lipinski definition) is 3. The molecule has 1 heterocycles. The van der Waals surface area contributed by atoms with Gasteiger partial charge in [-0.05, 0) is 32.6 Å². The zero-order chi connectivity index (χ0) is 13.5. The number of hydrogen-bond donors (Lipinski definition) is 1. The molecule has 1 aromatic rings. The van der Waals surface area contributed by atoms with Crippen molar-refractivity contribution in [3.63, 3.8) is 0 Å². The molecule has 4 nitrogen and oxygen atoms in total. The van der Waals surface area contributed by atoms with E-state index in [0.717, 1.165) is 30.8 Å². The zero-order valence-electron chi connectivity index (χ0n) is 11.8. The SMILES string of the molecule is COC(=O)C1(c2nc(C3CCCC3)c(C)[nH]2)CCC1. The van der Waals surface area contributed by atoms with E-state index in [0.29, 0.717) is 5.92 Å². The third kappa shape index (κ3) is 1.88. The second kappa shape index (κ2) is 4.66. The maximum absolute atomic E-state index is 12.1. The zero-order valence-corrected chi connectivity index (χ0v) is 11.8. The number of nitrogens with one attached hydrogen (secondary N) is 1. The number of carbonyl (C=O) groups excluding carboxylic acids is 1. The van der Waals surface area contributed by atoms with Crippen LogP contribution in [0.3, 0.4) is 0 Å². The van der Waals surface area contributed by atoms with E-state index in [9.17, 15) is 4.79 Å². The first-order chi connectivity index (χ1) is 9.17. The Morgan fingerprint density at radius 1 is 1.32 bits per heavy atom. The van der Waals surface area contributed by atoms with Gasteiger partial charge in [-0.2, -0.15) is 0 Å². The van der Waals surface area contributed by atoms with Crippen LogP contribution in [-0.4, -0.2) is 23.0 Å². The number of rotatable bonds is 3. The van der Waals surface area contributed by atoms with Crippen LogP contribution in [0.25, 0.3) is 0 Å². The van der Waals surface area contributed by atoms with Gasteiger partial charge in [0.1, 0.15) is 11.2 Å². The van der Waals surface area contributed by atoms with Crippen LogP contribution < -0.4 is 0 Å². The molecular weight excluding hydrogens is 240 g/mol. The summed E-state index contributed by atoms with van der Waals surface area (Å²) in [7, 11) is 1.47. The summed E-state index contributed by atoms with van der Waals surface area (Å²) in [6, 6.07) is 0. The number of methoxy groups -OCH3 is 1. The Balaban J connectivity index is 1.92. The van der Waals surface area contributed by atoms with Gasteiger partial charge in [0.05, 0.1) is 12.8 Å². The quantitative estimate of drug-likeness (QED) is 0.852. The molecule has 104 valence electrons. The number of aryl methyl sites for hydroxylation is 1. The van der Waals surface area contributed by atoms with E-state index in [1.54, 1.807) is 0 Å². The number of carbonyl (C=O) groups is 1. The first-order valence-electron chi connectivity index (χ1n) is 7.33. The molecule has 1 aromatic heterocycles. The van der Waals surface area contributed by atoms with Crippen molar-refractivity contribution in [1.82, 2.24) is 9.97 Å². The predicted octanol–water partition coefficient (Wildman–Crippen LogP) is 2.97. The van der Waals surface area contributed by atoms with Crippen LogP contribution in [0.15, 0.2) is 0 Å². The second-order valence-corrected chi connectivity index (χ2v) is 6.00. The third-order valence-corrected chi connectivity index (χ3v) is 4.90. The highest BCUT2D eigenvalue weighted by Gasteiger charge is 2.49. The van der Waals surface area contributed by atoms with Gasteiger partial charge < -0.3 is 9.72 Å². The van der Waals surface area contributed by atoms with E-state index >= 15 is 0 Å². The Morgan fingerprint density at radius 3 is 2.53 bits per heavy atom. The smallest absolute Gasteiger partial charge is 0.319 e. The van der Waals surface area contributed by atoms with E-state index in [-0.39, 0.29) is 5.97 Å². The number of nitrogens with zero attached hydrogens (tertiary/aromatic N) is 1. The molecule has 2 saturated carbocycles. The average molecular weight is 262 g/mol. The van der Waals surface area contributed by atoms with Gasteiger partial charge in [0.2, 0.25) is 0 Å². The summed E-state index contributed by atoms with van der Waals surface area (Å²) in [4.78, 5) is 20.2. The van der Waals surface area contributed by atoms with Crippen molar-refractivity contribution in [2.24, 2.45) is 0 Å². The molecule has 1 N–H and O–H groups in total. The molecule has 3 rings (SSSR count). The minimum atomic E-state index is -0.490. The lowest BCUT2D eigenvalue weighted by molar-refractivity contribution is -0.151. The van der Waals surface area contributed by atoms with Gasteiger partial charge in [-0.3, -0.25) is 4.79 Å². The molecule has 4 heteroatoms. The molecular formula is C15H22N2O2.